The van der Waals surface area contributed by atoms with Crippen LogP contribution < -0.4 is 10.6 Å². The van der Waals surface area contributed by atoms with Crippen molar-refractivity contribution in [3.8, 4) is 0 Å². The zero-order valence-electron chi connectivity index (χ0n) is 14.0. The number of hydrogen-bond acceptors (Lipinski definition) is 7. The van der Waals surface area contributed by atoms with Gasteiger partial charge in [0, 0.05) is 44.7 Å². The van der Waals surface area contributed by atoms with Crippen molar-refractivity contribution in [2.45, 2.75) is 11.0 Å². The van der Waals surface area contributed by atoms with Crippen LogP contribution in [-0.4, -0.2) is 68.0 Å². The van der Waals surface area contributed by atoms with Gasteiger partial charge in [0.2, 0.25) is 15.9 Å². The van der Waals surface area contributed by atoms with Crippen molar-refractivity contribution < 1.29 is 23.2 Å². The molecule has 1 amide bonds. The van der Waals surface area contributed by atoms with Crippen LogP contribution in [0.5, 0.6) is 0 Å². The van der Waals surface area contributed by atoms with E-state index in [0.717, 1.165) is 10.4 Å². The third-order valence-electron chi connectivity index (χ3n) is 3.97. The van der Waals surface area contributed by atoms with E-state index in [1.807, 2.05) is 0 Å². The van der Waals surface area contributed by atoms with Gasteiger partial charge in [0.05, 0.1) is 22.5 Å². The molecule has 1 aliphatic rings. The summed E-state index contributed by atoms with van der Waals surface area (Å²) in [4.78, 5) is 21.8. The molecule has 12 heteroatoms. The van der Waals surface area contributed by atoms with Gasteiger partial charge >= 0.3 is 0 Å². The van der Waals surface area contributed by atoms with E-state index in [2.05, 4.69) is 10.6 Å². The van der Waals surface area contributed by atoms with E-state index in [1.165, 1.54) is 25.2 Å². The molecular weight excluding hydrogens is 388 g/mol. The summed E-state index contributed by atoms with van der Waals surface area (Å²) < 4.78 is 25.7. The Morgan fingerprint density at radius 3 is 2.73 bits per heavy atom. The second kappa shape index (κ2) is 9.24. The predicted molar refractivity (Wildman–Crippen MR) is 95.5 cm³/mol. The molecule has 146 valence electrons. The highest BCUT2D eigenvalue weighted by Gasteiger charge is 2.27. The molecule has 2 rings (SSSR count). The molecule has 1 fully saturated rings. The predicted octanol–water partition coefficient (Wildman–Crippen LogP) is -0.666. The Morgan fingerprint density at radius 2 is 2.15 bits per heavy atom. The Labute approximate surface area is 157 Å². The fourth-order valence-corrected chi connectivity index (χ4v) is 3.62. The second-order valence-corrected chi connectivity index (χ2v) is 7.85. The first-order chi connectivity index (χ1) is 11.7. The van der Waals surface area contributed by atoms with Gasteiger partial charge in [-0.2, -0.15) is 4.31 Å². The fraction of sp³-hybridized carbons (Fsp3) is 0.500. The van der Waals surface area contributed by atoms with Gasteiger partial charge in [0.1, 0.15) is 0 Å². The Kier molecular flexibility index (Phi) is 7.90. The molecule has 1 heterocycles. The molecule has 1 aliphatic heterocycles. The van der Waals surface area contributed by atoms with E-state index in [9.17, 15) is 28.4 Å². The standard InChI is InChI=1S/C14H20N4O6S.ClH/c1-17(9-14(20)16-7-10-6-15-8-13(10)19)25(23,24)12-4-2-3-11(5-12)18(21)22;/h2-5,10,13,15,19H,6-9H2,1H3,(H,16,20);1H. The van der Waals surface area contributed by atoms with Crippen LogP contribution in [0, 0.1) is 16.0 Å². The van der Waals surface area contributed by atoms with Crippen LogP contribution in [-0.2, 0) is 14.8 Å². The topological polar surface area (TPSA) is 142 Å². The number of non-ortho nitro benzene ring substituents is 1. The lowest BCUT2D eigenvalue weighted by atomic mass is 10.1. The largest absolute Gasteiger partial charge is 0.391 e. The van der Waals surface area contributed by atoms with E-state index < -0.39 is 33.5 Å². The Bertz CT molecular complexity index is 760. The maximum absolute atomic E-state index is 12.4. The van der Waals surface area contributed by atoms with Crippen molar-refractivity contribution in [3.05, 3.63) is 34.4 Å². The summed E-state index contributed by atoms with van der Waals surface area (Å²) in [6, 6.07) is 4.64. The molecule has 10 nitrogen and oxygen atoms in total. The van der Waals surface area contributed by atoms with Gasteiger partial charge in [0.25, 0.3) is 5.69 Å². The minimum absolute atomic E-state index is 0. The van der Waals surface area contributed by atoms with Crippen molar-refractivity contribution >= 4 is 34.0 Å². The van der Waals surface area contributed by atoms with Crippen LogP contribution in [0.2, 0.25) is 0 Å². The van der Waals surface area contributed by atoms with Crippen LogP contribution in [0.3, 0.4) is 0 Å². The number of nitrogens with zero attached hydrogens (tertiary/aromatic N) is 2. The summed E-state index contributed by atoms with van der Waals surface area (Å²) in [7, 11) is -2.81. The number of nitro benzene ring substituents is 1. The number of carbonyl (C=O) groups excluding carboxylic acids is 1. The third-order valence-corrected chi connectivity index (χ3v) is 5.77. The van der Waals surface area contributed by atoms with Gasteiger partial charge in [-0.05, 0) is 6.07 Å². The maximum Gasteiger partial charge on any atom is 0.270 e. The highest BCUT2D eigenvalue weighted by molar-refractivity contribution is 7.89. The van der Waals surface area contributed by atoms with Crippen molar-refractivity contribution in [2.75, 3.05) is 33.2 Å². The number of aliphatic hydroxyl groups is 1. The zero-order valence-corrected chi connectivity index (χ0v) is 15.6. The number of carbonyl (C=O) groups is 1. The summed E-state index contributed by atoms with van der Waals surface area (Å²) in [5.74, 6) is -0.641. The van der Waals surface area contributed by atoms with E-state index in [-0.39, 0.29) is 35.5 Å². The number of nitrogens with one attached hydrogen (secondary N) is 2. The van der Waals surface area contributed by atoms with Gasteiger partial charge in [-0.1, -0.05) is 6.07 Å². The average Bonchev–Trinajstić information content (AvgIpc) is 2.98. The zero-order chi connectivity index (χ0) is 18.6. The molecule has 1 aromatic carbocycles. The van der Waals surface area contributed by atoms with Crippen LogP contribution >= 0.6 is 12.4 Å². The first-order valence-corrected chi connectivity index (χ1v) is 9.02. The lowest BCUT2D eigenvalue weighted by molar-refractivity contribution is -0.385. The average molecular weight is 409 g/mol. The normalized spacial score (nSPS) is 19.8. The fourth-order valence-electron chi connectivity index (χ4n) is 2.45. The number of amides is 1. The molecular formula is C14H21ClN4O6S. The molecule has 1 saturated heterocycles. The number of nitro groups is 1. The molecule has 0 radical (unpaired) electrons. The van der Waals surface area contributed by atoms with E-state index in [1.54, 1.807) is 0 Å². The van der Waals surface area contributed by atoms with Crippen LogP contribution in [0.4, 0.5) is 5.69 Å². The smallest absolute Gasteiger partial charge is 0.270 e. The number of β-amino-alcohol motifs (C(OH)–C–C–N with tert-alkyl or cyclic N) is 1. The highest BCUT2D eigenvalue weighted by Crippen LogP contribution is 2.20. The number of rotatable bonds is 7. The van der Waals surface area contributed by atoms with E-state index in [4.69, 9.17) is 0 Å². The third kappa shape index (κ3) is 5.35. The van der Waals surface area contributed by atoms with Crippen molar-refractivity contribution in [3.63, 3.8) is 0 Å². The molecule has 0 bridgehead atoms. The van der Waals surface area contributed by atoms with Crippen LogP contribution in [0.25, 0.3) is 0 Å². The quantitative estimate of drug-likeness (QED) is 0.401. The number of halogens is 1. The van der Waals surface area contributed by atoms with Gasteiger partial charge < -0.3 is 15.7 Å². The van der Waals surface area contributed by atoms with Gasteiger partial charge in [-0.25, -0.2) is 8.42 Å². The first-order valence-electron chi connectivity index (χ1n) is 7.58. The molecule has 0 aromatic heterocycles. The lowest BCUT2D eigenvalue weighted by Gasteiger charge is -2.18. The molecule has 0 aliphatic carbocycles. The number of likely N-dealkylation sites (N-methyl/N-ethyl adjacent to an activating group) is 1. The van der Waals surface area contributed by atoms with Gasteiger partial charge in [-0.3, -0.25) is 14.9 Å². The van der Waals surface area contributed by atoms with E-state index >= 15 is 0 Å². The van der Waals surface area contributed by atoms with Gasteiger partial charge in [-0.15, -0.1) is 12.4 Å². The maximum atomic E-state index is 12.4. The van der Waals surface area contributed by atoms with Crippen LogP contribution in [0.1, 0.15) is 0 Å². The summed E-state index contributed by atoms with van der Waals surface area (Å²) in [5, 5.41) is 26.0. The summed E-state index contributed by atoms with van der Waals surface area (Å²) >= 11 is 0. The van der Waals surface area contributed by atoms with Crippen molar-refractivity contribution in [1.29, 1.82) is 0 Å². The molecule has 2 unspecified atom stereocenters. The SMILES string of the molecule is CN(CC(=O)NCC1CNCC1O)S(=O)(=O)c1cccc([N+](=O)[O-])c1.Cl. The first kappa shape index (κ1) is 22.3. The molecule has 0 saturated carbocycles. The summed E-state index contributed by atoms with van der Waals surface area (Å²) in [5.41, 5.74) is -0.346. The lowest BCUT2D eigenvalue weighted by Crippen LogP contribution is -2.41. The second-order valence-electron chi connectivity index (χ2n) is 5.81. The number of hydrogen-bond donors (Lipinski definition) is 3. The van der Waals surface area contributed by atoms with Crippen molar-refractivity contribution in [2.24, 2.45) is 5.92 Å². The number of sulfonamides is 1. The molecule has 3 N–H and O–H groups in total. The minimum atomic E-state index is -4.03. The summed E-state index contributed by atoms with van der Waals surface area (Å²) in [6.45, 7) is 0.837. The monoisotopic (exact) mass is 408 g/mol. The molecule has 1 aromatic rings. The molecule has 2 atom stereocenters. The van der Waals surface area contributed by atoms with Gasteiger partial charge in [0.15, 0.2) is 0 Å². The molecule has 26 heavy (non-hydrogen) atoms. The minimum Gasteiger partial charge on any atom is -0.391 e. The van der Waals surface area contributed by atoms with Crippen molar-refractivity contribution in [1.82, 2.24) is 14.9 Å². The Hall–Kier alpha value is -1.79. The summed E-state index contributed by atoms with van der Waals surface area (Å²) in [6.07, 6.45) is -0.549. The molecule has 0 spiro atoms. The highest BCUT2D eigenvalue weighted by atomic mass is 35.5. The number of aliphatic hydroxyl groups excluding tert-OH is 1. The van der Waals surface area contributed by atoms with E-state index in [0.29, 0.717) is 13.1 Å². The number of benzene rings is 1. The van der Waals surface area contributed by atoms with Crippen LogP contribution in [0.15, 0.2) is 29.2 Å². The Morgan fingerprint density at radius 1 is 1.46 bits per heavy atom. The Balaban J connectivity index is 0.00000338.